The first-order chi connectivity index (χ1) is 7.30. The summed E-state index contributed by atoms with van der Waals surface area (Å²) in [5, 5.41) is 0. The Morgan fingerprint density at radius 3 is 2.00 bits per heavy atom. The van der Waals surface area contributed by atoms with Crippen molar-refractivity contribution in [1.29, 1.82) is 0 Å². The van der Waals surface area contributed by atoms with Crippen molar-refractivity contribution in [3.8, 4) is 0 Å². The topological polar surface area (TPSA) is 105 Å². The first-order valence-corrected chi connectivity index (χ1v) is 7.40. The Morgan fingerprint density at radius 1 is 1.12 bits per heavy atom. The number of nitrogens with zero attached hydrogens (tertiary/aromatic N) is 2. The lowest BCUT2D eigenvalue weighted by atomic mass is 10.4. The summed E-state index contributed by atoms with van der Waals surface area (Å²) in [4.78, 5) is 2.11. The van der Waals surface area contributed by atoms with Crippen LogP contribution in [0.2, 0.25) is 0 Å². The van der Waals surface area contributed by atoms with E-state index in [9.17, 15) is 16.8 Å². The lowest BCUT2D eigenvalue weighted by Crippen LogP contribution is -2.24. The van der Waals surface area contributed by atoms with E-state index in [0.717, 1.165) is 0 Å². The molecule has 1 aromatic carbocycles. The molecule has 0 saturated heterocycles. The zero-order valence-electron chi connectivity index (χ0n) is 8.23. The van der Waals surface area contributed by atoms with Crippen LogP contribution in [-0.2, 0) is 19.7 Å². The first kappa shape index (κ1) is 12.6. The zero-order valence-corrected chi connectivity index (χ0v) is 9.86. The van der Waals surface area contributed by atoms with Gasteiger partial charge in [0.1, 0.15) is 0 Å². The van der Waals surface area contributed by atoms with Gasteiger partial charge in [0.15, 0.2) is 0 Å². The number of hydrogen-bond donors (Lipinski definition) is 0. The van der Waals surface area contributed by atoms with Gasteiger partial charge in [-0.05, 0) is 12.1 Å². The highest BCUT2D eigenvalue weighted by atomic mass is 32.3. The fourth-order valence-corrected chi connectivity index (χ4v) is 3.88. The number of hydrogen-bond acceptors (Lipinski definition) is 4. The number of benzene rings is 1. The molecule has 16 heavy (non-hydrogen) atoms. The average Bonchev–Trinajstić information content (AvgIpc) is 2.17. The van der Waals surface area contributed by atoms with Crippen molar-refractivity contribution in [1.82, 2.24) is 0 Å². The summed E-state index contributed by atoms with van der Waals surface area (Å²) >= 11 is 0. The second kappa shape index (κ2) is 4.17. The Kier molecular flexibility index (Phi) is 3.27. The van der Waals surface area contributed by atoms with E-state index in [1.165, 1.54) is 24.3 Å². The van der Waals surface area contributed by atoms with Crippen LogP contribution in [0, 0.1) is 0 Å². The quantitative estimate of drug-likeness (QED) is 0.309. The van der Waals surface area contributed by atoms with Crippen molar-refractivity contribution >= 4 is 24.1 Å². The van der Waals surface area contributed by atoms with Gasteiger partial charge >= 0.3 is 4.38 Å². The van der Waals surface area contributed by atoms with E-state index >= 15 is 0 Å². The van der Waals surface area contributed by atoms with Crippen LogP contribution >= 0.6 is 0 Å². The second-order valence-electron chi connectivity index (χ2n) is 2.95. The molecule has 0 aliphatic carbocycles. The molecule has 86 valence electrons. The molecule has 0 radical (unpaired) electrons. The van der Waals surface area contributed by atoms with Crippen LogP contribution in [-0.4, -0.2) is 32.3 Å². The smallest absolute Gasteiger partial charge is 0.359 e. The molecule has 0 aliphatic rings. The standard InChI is InChI=1S/C8H8N2O4S2/c1-15(11,12)8(10-9)16(13,14)7-5-3-2-4-6-7/h2-6H,1H3. The van der Waals surface area contributed by atoms with Gasteiger partial charge in [0, 0.05) is 0 Å². The lowest BCUT2D eigenvalue weighted by Gasteiger charge is -1.97. The van der Waals surface area contributed by atoms with Crippen LogP contribution in [0.15, 0.2) is 35.2 Å². The Morgan fingerprint density at radius 2 is 1.62 bits per heavy atom. The third kappa shape index (κ3) is 2.35. The maximum Gasteiger partial charge on any atom is 0.499 e. The van der Waals surface area contributed by atoms with E-state index in [2.05, 4.69) is 4.79 Å². The predicted molar refractivity (Wildman–Crippen MR) is 57.1 cm³/mol. The molecule has 0 unspecified atom stereocenters. The summed E-state index contributed by atoms with van der Waals surface area (Å²) in [6.45, 7) is 0. The molecular weight excluding hydrogens is 252 g/mol. The maximum atomic E-state index is 11.7. The van der Waals surface area contributed by atoms with Gasteiger partial charge < -0.3 is 5.53 Å². The minimum Gasteiger partial charge on any atom is -0.359 e. The van der Waals surface area contributed by atoms with Crippen LogP contribution in [0.25, 0.3) is 5.53 Å². The third-order valence-electron chi connectivity index (χ3n) is 1.68. The third-order valence-corrected chi connectivity index (χ3v) is 5.40. The Hall–Kier alpha value is -1.50. The van der Waals surface area contributed by atoms with Crippen molar-refractivity contribution in [2.24, 2.45) is 0 Å². The average molecular weight is 260 g/mol. The SMILES string of the molecule is CS(=O)(=O)C(=[N+]=[N-])S(=O)(=O)c1ccccc1. The van der Waals surface area contributed by atoms with E-state index < -0.39 is 24.1 Å². The Balaban J connectivity index is 3.52. The molecule has 0 N–H and O–H groups in total. The number of rotatable bonds is 1. The summed E-state index contributed by atoms with van der Waals surface area (Å²) in [5.41, 5.74) is 8.49. The van der Waals surface area contributed by atoms with E-state index in [1.54, 1.807) is 6.07 Å². The summed E-state index contributed by atoms with van der Waals surface area (Å²) in [5.74, 6) is 0. The summed E-state index contributed by atoms with van der Waals surface area (Å²) in [7, 11) is -8.41. The molecule has 0 saturated carbocycles. The summed E-state index contributed by atoms with van der Waals surface area (Å²) in [6.07, 6.45) is 0.655. The van der Waals surface area contributed by atoms with Crippen LogP contribution in [0.5, 0.6) is 0 Å². The lowest BCUT2D eigenvalue weighted by molar-refractivity contribution is 0.00385. The largest absolute Gasteiger partial charge is 0.499 e. The molecule has 1 aromatic rings. The summed E-state index contributed by atoms with van der Waals surface area (Å²) < 4.78 is 44.4. The van der Waals surface area contributed by atoms with Crippen LogP contribution in [0.4, 0.5) is 0 Å². The molecule has 0 aromatic heterocycles. The molecule has 0 heterocycles. The van der Waals surface area contributed by atoms with Crippen molar-refractivity contribution in [2.75, 3.05) is 6.26 Å². The molecule has 0 fully saturated rings. The van der Waals surface area contributed by atoms with Gasteiger partial charge in [0.25, 0.3) is 19.7 Å². The van der Waals surface area contributed by atoms with Gasteiger partial charge in [-0.3, -0.25) is 0 Å². The van der Waals surface area contributed by atoms with Crippen LogP contribution in [0.1, 0.15) is 0 Å². The zero-order chi connectivity index (χ0) is 12.4. The Bertz CT molecular complexity index is 641. The highest BCUT2D eigenvalue weighted by Crippen LogP contribution is 2.13. The highest BCUT2D eigenvalue weighted by molar-refractivity contribution is 8.30. The normalized spacial score (nSPS) is 11.8. The minimum absolute atomic E-state index is 0.242. The molecule has 6 nitrogen and oxygen atoms in total. The van der Waals surface area contributed by atoms with Crippen LogP contribution in [0.3, 0.4) is 0 Å². The molecule has 0 spiro atoms. The van der Waals surface area contributed by atoms with Crippen molar-refractivity contribution < 1.29 is 21.6 Å². The summed E-state index contributed by atoms with van der Waals surface area (Å²) in [6, 6.07) is 6.88. The molecule has 1 rings (SSSR count). The molecule has 0 amide bonds. The van der Waals surface area contributed by atoms with E-state index in [4.69, 9.17) is 5.53 Å². The van der Waals surface area contributed by atoms with Gasteiger partial charge in [0.05, 0.1) is 11.2 Å². The molecule has 0 atom stereocenters. The maximum absolute atomic E-state index is 11.7. The Labute approximate surface area is 93.0 Å². The van der Waals surface area contributed by atoms with Crippen LogP contribution < -0.4 is 0 Å². The van der Waals surface area contributed by atoms with E-state index in [-0.39, 0.29) is 4.90 Å². The fraction of sp³-hybridized carbons (Fsp3) is 0.125. The fourth-order valence-electron chi connectivity index (χ4n) is 1.03. The van der Waals surface area contributed by atoms with Gasteiger partial charge in [-0.15, -0.1) is 4.79 Å². The van der Waals surface area contributed by atoms with Gasteiger partial charge in [0.2, 0.25) is 0 Å². The van der Waals surface area contributed by atoms with Gasteiger partial charge in [-0.25, -0.2) is 16.8 Å². The van der Waals surface area contributed by atoms with E-state index in [1.807, 2.05) is 0 Å². The predicted octanol–water partition coefficient (Wildman–Crippen LogP) is 0.0907. The van der Waals surface area contributed by atoms with Crippen molar-refractivity contribution in [3.63, 3.8) is 0 Å². The molecule has 8 heteroatoms. The number of sulfone groups is 2. The van der Waals surface area contributed by atoms with E-state index in [0.29, 0.717) is 6.26 Å². The van der Waals surface area contributed by atoms with Crippen molar-refractivity contribution in [3.05, 3.63) is 35.9 Å². The van der Waals surface area contributed by atoms with Gasteiger partial charge in [-0.1, -0.05) is 18.2 Å². The molecule has 0 bridgehead atoms. The highest BCUT2D eigenvalue weighted by Gasteiger charge is 2.39. The molecule has 0 aliphatic heterocycles. The second-order valence-corrected chi connectivity index (χ2v) is 7.01. The molecular formula is C8H8N2O4S2. The first-order valence-electron chi connectivity index (χ1n) is 4.02. The van der Waals surface area contributed by atoms with Crippen molar-refractivity contribution in [2.45, 2.75) is 4.90 Å². The minimum atomic E-state index is -4.30. The monoisotopic (exact) mass is 260 g/mol. The van der Waals surface area contributed by atoms with Gasteiger partial charge in [-0.2, -0.15) is 0 Å².